The van der Waals surface area contributed by atoms with E-state index >= 15 is 0 Å². The van der Waals surface area contributed by atoms with Crippen LogP contribution in [0, 0.1) is 12.3 Å². The van der Waals surface area contributed by atoms with Crippen LogP contribution < -0.4 is 5.32 Å². The summed E-state index contributed by atoms with van der Waals surface area (Å²) in [6.07, 6.45) is 5.93. The molecule has 1 heterocycles. The highest BCUT2D eigenvalue weighted by molar-refractivity contribution is 5.14. The molecule has 0 radical (unpaired) electrons. The van der Waals surface area contributed by atoms with E-state index in [2.05, 4.69) is 36.3 Å². The molecule has 1 saturated carbocycles. The largest absolute Gasteiger partial charge is 0.309 e. The van der Waals surface area contributed by atoms with Gasteiger partial charge in [0.25, 0.3) is 0 Å². The van der Waals surface area contributed by atoms with E-state index in [9.17, 15) is 0 Å². The van der Waals surface area contributed by atoms with Crippen molar-refractivity contribution in [2.75, 3.05) is 0 Å². The predicted molar refractivity (Wildman–Crippen MR) is 61.6 cm³/mol. The van der Waals surface area contributed by atoms with Crippen molar-refractivity contribution in [3.8, 4) is 0 Å². The molecular formula is C12H21N3. The van der Waals surface area contributed by atoms with Crippen LogP contribution in [0.5, 0.6) is 0 Å². The minimum Gasteiger partial charge on any atom is -0.309 e. The van der Waals surface area contributed by atoms with Crippen molar-refractivity contribution >= 4 is 0 Å². The first kappa shape index (κ1) is 10.7. The molecule has 1 aliphatic carbocycles. The molecule has 0 saturated heterocycles. The van der Waals surface area contributed by atoms with Gasteiger partial charge < -0.3 is 5.32 Å². The molecular weight excluding hydrogens is 186 g/mol. The van der Waals surface area contributed by atoms with Gasteiger partial charge in [-0.15, -0.1) is 0 Å². The molecule has 2 N–H and O–H groups in total. The summed E-state index contributed by atoms with van der Waals surface area (Å²) < 4.78 is 0. The number of aromatic amines is 1. The Labute approximate surface area is 91.7 Å². The Bertz CT molecular complexity index is 327. The molecule has 1 aliphatic rings. The lowest BCUT2D eigenvalue weighted by Crippen LogP contribution is -2.37. The van der Waals surface area contributed by atoms with Gasteiger partial charge in [-0.1, -0.05) is 20.3 Å². The molecule has 15 heavy (non-hydrogen) atoms. The first-order chi connectivity index (χ1) is 7.09. The van der Waals surface area contributed by atoms with Crippen LogP contribution >= 0.6 is 0 Å². The van der Waals surface area contributed by atoms with Crippen molar-refractivity contribution in [1.29, 1.82) is 0 Å². The van der Waals surface area contributed by atoms with Crippen LogP contribution in [-0.2, 0) is 6.54 Å². The van der Waals surface area contributed by atoms with Gasteiger partial charge in [-0.2, -0.15) is 5.10 Å². The number of rotatable bonds is 3. The zero-order valence-electron chi connectivity index (χ0n) is 9.93. The lowest BCUT2D eigenvalue weighted by Gasteiger charge is -2.27. The second kappa shape index (κ2) is 3.97. The molecule has 1 aromatic rings. The number of H-pyrrole nitrogens is 1. The van der Waals surface area contributed by atoms with Crippen molar-refractivity contribution in [2.24, 2.45) is 5.41 Å². The average molecular weight is 207 g/mol. The molecule has 84 valence electrons. The van der Waals surface area contributed by atoms with Crippen LogP contribution in [-0.4, -0.2) is 16.2 Å². The fourth-order valence-corrected chi connectivity index (χ4v) is 2.49. The number of nitrogens with zero attached hydrogens (tertiary/aromatic N) is 1. The third kappa shape index (κ3) is 2.23. The molecule has 3 nitrogen and oxygen atoms in total. The van der Waals surface area contributed by atoms with Crippen LogP contribution in [0.4, 0.5) is 0 Å². The summed E-state index contributed by atoms with van der Waals surface area (Å²) in [6.45, 7) is 7.74. The molecule has 0 spiro atoms. The molecule has 2 rings (SSSR count). The Balaban J connectivity index is 1.91. The van der Waals surface area contributed by atoms with E-state index in [1.54, 1.807) is 0 Å². The number of hydrogen-bond donors (Lipinski definition) is 2. The van der Waals surface area contributed by atoms with Gasteiger partial charge in [-0.25, -0.2) is 0 Å². The molecule has 1 atom stereocenters. The standard InChI is InChI=1S/C12H21N3/c1-9-10(8-14-15-9)7-13-11-5-4-6-12(11,2)3/h8,11,13H,4-7H2,1-3H3,(H,14,15). The van der Waals surface area contributed by atoms with E-state index in [1.165, 1.54) is 30.5 Å². The Morgan fingerprint density at radius 2 is 2.40 bits per heavy atom. The second-order valence-corrected chi connectivity index (χ2v) is 5.33. The predicted octanol–water partition coefficient (Wildman–Crippen LogP) is 2.39. The minimum atomic E-state index is 0.456. The summed E-state index contributed by atoms with van der Waals surface area (Å²) in [5, 5.41) is 10.7. The minimum absolute atomic E-state index is 0.456. The fraction of sp³-hybridized carbons (Fsp3) is 0.750. The molecule has 3 heteroatoms. The first-order valence-electron chi connectivity index (χ1n) is 5.82. The van der Waals surface area contributed by atoms with Crippen LogP contribution in [0.15, 0.2) is 6.20 Å². The van der Waals surface area contributed by atoms with Crippen molar-refractivity contribution in [2.45, 2.75) is 52.6 Å². The molecule has 0 bridgehead atoms. The fourth-order valence-electron chi connectivity index (χ4n) is 2.49. The maximum atomic E-state index is 4.04. The zero-order chi connectivity index (χ0) is 10.9. The molecule has 0 aliphatic heterocycles. The van der Waals surface area contributed by atoms with Gasteiger partial charge in [0.05, 0.1) is 6.20 Å². The summed E-state index contributed by atoms with van der Waals surface area (Å²) in [5.74, 6) is 0. The van der Waals surface area contributed by atoms with Crippen LogP contribution in [0.2, 0.25) is 0 Å². The van der Waals surface area contributed by atoms with Gasteiger partial charge in [-0.3, -0.25) is 5.10 Å². The van der Waals surface area contributed by atoms with Gasteiger partial charge in [0.2, 0.25) is 0 Å². The van der Waals surface area contributed by atoms with Gasteiger partial charge in [-0.05, 0) is 25.2 Å². The SMILES string of the molecule is Cc1[nH]ncc1CNC1CCCC1(C)C. The molecule has 0 amide bonds. The van der Waals surface area contributed by atoms with Gasteiger partial charge in [0, 0.05) is 23.8 Å². The van der Waals surface area contributed by atoms with E-state index in [4.69, 9.17) is 0 Å². The van der Waals surface area contributed by atoms with Crippen LogP contribution in [0.25, 0.3) is 0 Å². The highest BCUT2D eigenvalue weighted by atomic mass is 15.1. The summed E-state index contributed by atoms with van der Waals surface area (Å²) in [6, 6.07) is 0.659. The number of nitrogens with one attached hydrogen (secondary N) is 2. The normalized spacial score (nSPS) is 24.6. The van der Waals surface area contributed by atoms with Crippen molar-refractivity contribution in [1.82, 2.24) is 15.5 Å². The maximum Gasteiger partial charge on any atom is 0.0535 e. The highest BCUT2D eigenvalue weighted by Gasteiger charge is 2.33. The molecule has 1 fully saturated rings. The molecule has 0 aromatic carbocycles. The highest BCUT2D eigenvalue weighted by Crippen LogP contribution is 2.37. The Kier molecular flexibility index (Phi) is 2.83. The Hall–Kier alpha value is -0.830. The molecule has 1 unspecified atom stereocenters. The van der Waals surface area contributed by atoms with Gasteiger partial charge in [0.1, 0.15) is 0 Å². The van der Waals surface area contributed by atoms with Crippen LogP contribution in [0.3, 0.4) is 0 Å². The summed E-state index contributed by atoms with van der Waals surface area (Å²) in [7, 11) is 0. The summed E-state index contributed by atoms with van der Waals surface area (Å²) >= 11 is 0. The smallest absolute Gasteiger partial charge is 0.0535 e. The van der Waals surface area contributed by atoms with Crippen molar-refractivity contribution in [3.05, 3.63) is 17.5 Å². The number of aryl methyl sites for hydroxylation is 1. The van der Waals surface area contributed by atoms with Gasteiger partial charge in [0.15, 0.2) is 0 Å². The number of hydrogen-bond acceptors (Lipinski definition) is 2. The quantitative estimate of drug-likeness (QED) is 0.799. The molecule has 1 aromatic heterocycles. The maximum absolute atomic E-state index is 4.04. The first-order valence-corrected chi connectivity index (χ1v) is 5.82. The lowest BCUT2D eigenvalue weighted by molar-refractivity contribution is 0.282. The van der Waals surface area contributed by atoms with E-state index in [-0.39, 0.29) is 0 Å². The topological polar surface area (TPSA) is 40.7 Å². The van der Waals surface area contributed by atoms with Crippen molar-refractivity contribution < 1.29 is 0 Å². The second-order valence-electron chi connectivity index (χ2n) is 5.33. The van der Waals surface area contributed by atoms with E-state index in [0.29, 0.717) is 11.5 Å². The number of aromatic nitrogens is 2. The van der Waals surface area contributed by atoms with E-state index in [0.717, 1.165) is 6.54 Å². The van der Waals surface area contributed by atoms with E-state index < -0.39 is 0 Å². The van der Waals surface area contributed by atoms with Crippen LogP contribution in [0.1, 0.15) is 44.4 Å². The average Bonchev–Trinajstić information content (AvgIpc) is 2.69. The third-order valence-corrected chi connectivity index (χ3v) is 3.73. The van der Waals surface area contributed by atoms with E-state index in [1.807, 2.05) is 6.20 Å². The lowest BCUT2D eigenvalue weighted by atomic mass is 9.87. The third-order valence-electron chi connectivity index (χ3n) is 3.73. The van der Waals surface area contributed by atoms with Crippen molar-refractivity contribution in [3.63, 3.8) is 0 Å². The zero-order valence-corrected chi connectivity index (χ0v) is 9.93. The Morgan fingerprint density at radius 3 is 2.93 bits per heavy atom. The summed E-state index contributed by atoms with van der Waals surface area (Å²) in [4.78, 5) is 0. The summed E-state index contributed by atoms with van der Waals surface area (Å²) in [5.41, 5.74) is 2.92. The Morgan fingerprint density at radius 1 is 1.60 bits per heavy atom. The van der Waals surface area contributed by atoms with Gasteiger partial charge >= 0.3 is 0 Å². The monoisotopic (exact) mass is 207 g/mol.